The van der Waals surface area contributed by atoms with Crippen molar-refractivity contribution < 1.29 is 14.3 Å². The van der Waals surface area contributed by atoms with E-state index in [1.165, 1.54) is 0 Å². The number of anilines is 3. The van der Waals surface area contributed by atoms with Crippen molar-refractivity contribution in [2.45, 2.75) is 20.8 Å². The molecule has 3 rings (SSSR count). The molecule has 2 N–H and O–H groups in total. The van der Waals surface area contributed by atoms with E-state index in [4.69, 9.17) is 4.74 Å². The molecule has 0 atom stereocenters. The lowest BCUT2D eigenvalue weighted by Crippen LogP contribution is -2.17. The van der Waals surface area contributed by atoms with Gasteiger partial charge in [0.05, 0.1) is 17.9 Å². The van der Waals surface area contributed by atoms with Gasteiger partial charge >= 0.3 is 5.97 Å². The van der Waals surface area contributed by atoms with E-state index in [0.717, 1.165) is 22.5 Å². The van der Waals surface area contributed by atoms with Crippen molar-refractivity contribution in [1.82, 2.24) is 4.98 Å². The first kappa shape index (κ1) is 20.1. The molecule has 0 bridgehead atoms. The van der Waals surface area contributed by atoms with E-state index < -0.39 is 11.9 Å². The third kappa shape index (κ3) is 4.99. The average molecular weight is 389 g/mol. The van der Waals surface area contributed by atoms with Crippen LogP contribution in [0.15, 0.2) is 60.8 Å². The number of aryl methyl sites for hydroxylation is 2. The van der Waals surface area contributed by atoms with E-state index in [-0.39, 0.29) is 12.3 Å². The number of ether oxygens (including phenoxy) is 1. The Labute approximate surface area is 169 Å². The fourth-order valence-corrected chi connectivity index (χ4v) is 2.82. The monoisotopic (exact) mass is 389 g/mol. The predicted molar refractivity (Wildman–Crippen MR) is 114 cm³/mol. The highest BCUT2D eigenvalue weighted by Gasteiger charge is 2.16. The van der Waals surface area contributed by atoms with Gasteiger partial charge in [0.25, 0.3) is 5.91 Å². The van der Waals surface area contributed by atoms with Crippen molar-refractivity contribution >= 4 is 28.9 Å². The van der Waals surface area contributed by atoms with Gasteiger partial charge in [-0.25, -0.2) is 4.79 Å². The fourth-order valence-electron chi connectivity index (χ4n) is 2.82. The summed E-state index contributed by atoms with van der Waals surface area (Å²) in [5, 5.41) is 6.07. The van der Waals surface area contributed by atoms with Gasteiger partial charge in [-0.15, -0.1) is 0 Å². The molecule has 0 aliphatic carbocycles. The number of esters is 1. The Morgan fingerprint density at radius 1 is 1.00 bits per heavy atom. The second-order valence-corrected chi connectivity index (χ2v) is 6.59. The molecule has 0 spiro atoms. The molecule has 0 saturated heterocycles. The zero-order valence-corrected chi connectivity index (χ0v) is 16.7. The standard InChI is InChI=1S/C23H23N3O3/c1-4-29-23(28)18-7-5-6-8-19(18)26-22(27)21-14-17(11-12-24-21)25-20-13-15(2)9-10-16(20)3/h5-14H,4H2,1-3H3,(H,24,25)(H,26,27). The zero-order valence-electron chi connectivity index (χ0n) is 16.7. The SMILES string of the molecule is CCOC(=O)c1ccccc1NC(=O)c1cc(Nc2cc(C)ccc2C)ccn1. The van der Waals surface area contributed by atoms with Crippen LogP contribution in [0.4, 0.5) is 17.1 Å². The second-order valence-electron chi connectivity index (χ2n) is 6.59. The highest BCUT2D eigenvalue weighted by molar-refractivity contribution is 6.07. The van der Waals surface area contributed by atoms with Gasteiger partial charge in [0, 0.05) is 17.6 Å². The van der Waals surface area contributed by atoms with Gasteiger partial charge in [0.15, 0.2) is 0 Å². The van der Waals surface area contributed by atoms with Crippen LogP contribution in [0, 0.1) is 13.8 Å². The molecule has 29 heavy (non-hydrogen) atoms. The largest absolute Gasteiger partial charge is 0.462 e. The third-order valence-electron chi connectivity index (χ3n) is 4.34. The minimum absolute atomic E-state index is 0.235. The molecule has 3 aromatic rings. The molecule has 0 radical (unpaired) electrons. The summed E-state index contributed by atoms with van der Waals surface area (Å²) in [4.78, 5) is 29.0. The molecule has 0 saturated carbocycles. The van der Waals surface area contributed by atoms with Crippen molar-refractivity contribution in [3.63, 3.8) is 0 Å². The molecule has 0 aliphatic rings. The van der Waals surface area contributed by atoms with Crippen molar-refractivity contribution in [2.75, 3.05) is 17.2 Å². The van der Waals surface area contributed by atoms with Gasteiger partial charge in [0.1, 0.15) is 5.69 Å². The maximum absolute atomic E-state index is 12.7. The molecule has 1 amide bonds. The molecule has 1 aromatic heterocycles. The van der Waals surface area contributed by atoms with Gasteiger partial charge < -0.3 is 15.4 Å². The minimum atomic E-state index is -0.485. The van der Waals surface area contributed by atoms with E-state index in [2.05, 4.69) is 15.6 Å². The minimum Gasteiger partial charge on any atom is -0.462 e. The van der Waals surface area contributed by atoms with E-state index in [1.54, 1.807) is 49.5 Å². The summed E-state index contributed by atoms with van der Waals surface area (Å²) in [6.07, 6.45) is 1.57. The van der Waals surface area contributed by atoms with E-state index in [9.17, 15) is 9.59 Å². The highest BCUT2D eigenvalue weighted by Crippen LogP contribution is 2.23. The molecule has 0 unspecified atom stereocenters. The first-order valence-electron chi connectivity index (χ1n) is 9.35. The van der Waals surface area contributed by atoms with Crippen LogP contribution < -0.4 is 10.6 Å². The number of carbonyl (C=O) groups excluding carboxylic acids is 2. The van der Waals surface area contributed by atoms with Crippen molar-refractivity contribution in [3.8, 4) is 0 Å². The Hall–Kier alpha value is -3.67. The van der Waals surface area contributed by atoms with Gasteiger partial charge in [-0.2, -0.15) is 0 Å². The summed E-state index contributed by atoms with van der Waals surface area (Å²) in [7, 11) is 0. The molecular weight excluding hydrogens is 366 g/mol. The molecule has 148 valence electrons. The predicted octanol–water partition coefficient (Wildman–Crippen LogP) is 4.87. The molecule has 6 heteroatoms. The van der Waals surface area contributed by atoms with Gasteiger partial charge in [-0.3, -0.25) is 9.78 Å². The Morgan fingerprint density at radius 3 is 2.59 bits per heavy atom. The summed E-state index contributed by atoms with van der Waals surface area (Å²) in [6, 6.07) is 16.3. The normalized spacial score (nSPS) is 10.3. The molecule has 0 aliphatic heterocycles. The number of hydrogen-bond donors (Lipinski definition) is 2. The Kier molecular flexibility index (Phi) is 6.24. The van der Waals surface area contributed by atoms with Crippen molar-refractivity contribution in [3.05, 3.63) is 83.2 Å². The van der Waals surface area contributed by atoms with Crippen LogP contribution >= 0.6 is 0 Å². The lowest BCUT2D eigenvalue weighted by atomic mass is 10.1. The fraction of sp³-hybridized carbons (Fsp3) is 0.174. The number of aromatic nitrogens is 1. The number of pyridine rings is 1. The number of hydrogen-bond acceptors (Lipinski definition) is 5. The number of para-hydroxylation sites is 1. The van der Waals surface area contributed by atoms with Gasteiger partial charge in [0.2, 0.25) is 0 Å². The van der Waals surface area contributed by atoms with Crippen LogP contribution in [-0.4, -0.2) is 23.5 Å². The van der Waals surface area contributed by atoms with Gasteiger partial charge in [-0.05, 0) is 62.2 Å². The lowest BCUT2D eigenvalue weighted by Gasteiger charge is -2.12. The van der Waals surface area contributed by atoms with Crippen LogP contribution in [-0.2, 0) is 4.74 Å². The summed E-state index contributed by atoms with van der Waals surface area (Å²) in [6.45, 7) is 6.03. The molecular formula is C23H23N3O3. The van der Waals surface area contributed by atoms with Crippen molar-refractivity contribution in [1.29, 1.82) is 0 Å². The van der Waals surface area contributed by atoms with Crippen LogP contribution in [0.5, 0.6) is 0 Å². The van der Waals surface area contributed by atoms with E-state index in [1.807, 2.05) is 32.0 Å². The average Bonchev–Trinajstić information content (AvgIpc) is 2.71. The first-order chi connectivity index (χ1) is 14.0. The smallest absolute Gasteiger partial charge is 0.340 e. The van der Waals surface area contributed by atoms with Crippen LogP contribution in [0.2, 0.25) is 0 Å². The molecule has 1 heterocycles. The molecule has 2 aromatic carbocycles. The summed E-state index contributed by atoms with van der Waals surface area (Å²) in [5.74, 6) is -0.895. The maximum Gasteiger partial charge on any atom is 0.340 e. The number of rotatable bonds is 6. The number of nitrogens with one attached hydrogen (secondary N) is 2. The van der Waals surface area contributed by atoms with E-state index >= 15 is 0 Å². The van der Waals surface area contributed by atoms with Crippen molar-refractivity contribution in [2.24, 2.45) is 0 Å². The first-order valence-corrected chi connectivity index (χ1v) is 9.35. The number of benzene rings is 2. The Balaban J connectivity index is 1.80. The van der Waals surface area contributed by atoms with Gasteiger partial charge in [-0.1, -0.05) is 24.3 Å². The zero-order chi connectivity index (χ0) is 20.8. The Morgan fingerprint density at radius 2 is 1.79 bits per heavy atom. The Bertz CT molecular complexity index is 1050. The van der Waals surface area contributed by atoms with Crippen LogP contribution in [0.25, 0.3) is 0 Å². The third-order valence-corrected chi connectivity index (χ3v) is 4.34. The number of carbonyl (C=O) groups is 2. The maximum atomic E-state index is 12.7. The van der Waals surface area contributed by atoms with Crippen LogP contribution in [0.1, 0.15) is 38.9 Å². The lowest BCUT2D eigenvalue weighted by molar-refractivity contribution is 0.0527. The second kappa shape index (κ2) is 9.01. The summed E-state index contributed by atoms with van der Waals surface area (Å²) >= 11 is 0. The quantitative estimate of drug-likeness (QED) is 0.588. The number of nitrogens with zero attached hydrogens (tertiary/aromatic N) is 1. The highest BCUT2D eigenvalue weighted by atomic mass is 16.5. The summed E-state index contributed by atoms with van der Waals surface area (Å²) < 4.78 is 5.05. The topological polar surface area (TPSA) is 80.3 Å². The number of amides is 1. The summed E-state index contributed by atoms with van der Waals surface area (Å²) in [5.41, 5.74) is 4.87. The molecule has 0 fully saturated rings. The molecule has 6 nitrogen and oxygen atoms in total. The van der Waals surface area contributed by atoms with Crippen LogP contribution in [0.3, 0.4) is 0 Å². The van der Waals surface area contributed by atoms with E-state index in [0.29, 0.717) is 11.3 Å².